The standard InChI is InChI=1S/C15H17F2N3O3/c1-9(21)19-13-4-6-20(15(13)23)7-5-18-14(22)11-8-10(16)2-3-12(11)17/h2-3,8,13H,4-7H2,1H3,(H,18,22)(H,19,21). The first-order chi connectivity index (χ1) is 10.9. The molecule has 1 aliphatic heterocycles. The molecule has 8 heteroatoms. The number of carbonyl (C=O) groups excluding carboxylic acids is 3. The molecule has 0 saturated carbocycles. The van der Waals surface area contributed by atoms with Crippen molar-refractivity contribution in [3.63, 3.8) is 0 Å². The third kappa shape index (κ3) is 4.24. The van der Waals surface area contributed by atoms with E-state index in [0.29, 0.717) is 13.0 Å². The van der Waals surface area contributed by atoms with Gasteiger partial charge in [0.15, 0.2) is 0 Å². The minimum absolute atomic E-state index is 0.104. The maximum absolute atomic E-state index is 13.5. The SMILES string of the molecule is CC(=O)NC1CCN(CCNC(=O)c2cc(F)ccc2F)C1=O. The third-order valence-electron chi connectivity index (χ3n) is 3.52. The van der Waals surface area contributed by atoms with E-state index in [0.717, 1.165) is 18.2 Å². The number of hydrogen-bond donors (Lipinski definition) is 2. The second-order valence-electron chi connectivity index (χ2n) is 5.25. The van der Waals surface area contributed by atoms with Crippen molar-refractivity contribution in [2.75, 3.05) is 19.6 Å². The zero-order valence-electron chi connectivity index (χ0n) is 12.6. The van der Waals surface area contributed by atoms with Crippen molar-refractivity contribution in [1.82, 2.24) is 15.5 Å². The molecule has 124 valence electrons. The summed E-state index contributed by atoms with van der Waals surface area (Å²) in [5, 5.41) is 4.99. The van der Waals surface area contributed by atoms with Crippen LogP contribution in [0.5, 0.6) is 0 Å². The molecule has 1 heterocycles. The van der Waals surface area contributed by atoms with Crippen molar-refractivity contribution < 1.29 is 23.2 Å². The van der Waals surface area contributed by atoms with Gasteiger partial charge in [-0.1, -0.05) is 0 Å². The van der Waals surface area contributed by atoms with Crippen LogP contribution in [0, 0.1) is 11.6 Å². The summed E-state index contributed by atoms with van der Waals surface area (Å²) in [6, 6.07) is 2.09. The maximum atomic E-state index is 13.5. The fourth-order valence-electron chi connectivity index (χ4n) is 2.41. The van der Waals surface area contributed by atoms with Crippen LogP contribution in [0.4, 0.5) is 8.78 Å². The van der Waals surface area contributed by atoms with Gasteiger partial charge in [0.05, 0.1) is 5.56 Å². The van der Waals surface area contributed by atoms with Crippen LogP contribution in [0.2, 0.25) is 0 Å². The molecule has 1 aliphatic rings. The van der Waals surface area contributed by atoms with Gasteiger partial charge in [-0.05, 0) is 24.6 Å². The van der Waals surface area contributed by atoms with Gasteiger partial charge in [-0.2, -0.15) is 0 Å². The van der Waals surface area contributed by atoms with E-state index in [1.165, 1.54) is 11.8 Å². The monoisotopic (exact) mass is 325 g/mol. The summed E-state index contributed by atoms with van der Waals surface area (Å²) in [6.45, 7) is 2.14. The number of rotatable bonds is 5. The second-order valence-corrected chi connectivity index (χ2v) is 5.25. The molecule has 1 aromatic rings. The molecule has 23 heavy (non-hydrogen) atoms. The minimum atomic E-state index is -0.813. The van der Waals surface area contributed by atoms with Crippen LogP contribution in [0.3, 0.4) is 0 Å². The number of likely N-dealkylation sites (tertiary alicyclic amines) is 1. The molecule has 1 aromatic carbocycles. The molecule has 1 unspecified atom stereocenters. The molecule has 3 amide bonds. The van der Waals surface area contributed by atoms with Crippen LogP contribution in [-0.4, -0.2) is 48.3 Å². The first-order valence-corrected chi connectivity index (χ1v) is 7.17. The molecule has 0 radical (unpaired) electrons. The van der Waals surface area contributed by atoms with Crippen molar-refractivity contribution in [2.45, 2.75) is 19.4 Å². The van der Waals surface area contributed by atoms with Crippen LogP contribution in [0.1, 0.15) is 23.7 Å². The van der Waals surface area contributed by atoms with Gasteiger partial charge in [0.2, 0.25) is 11.8 Å². The Bertz CT molecular complexity index is 636. The number of nitrogens with one attached hydrogen (secondary N) is 2. The van der Waals surface area contributed by atoms with Gasteiger partial charge in [-0.25, -0.2) is 8.78 Å². The molecule has 6 nitrogen and oxygen atoms in total. The Hall–Kier alpha value is -2.51. The Kier molecular flexibility index (Phi) is 5.25. The zero-order chi connectivity index (χ0) is 17.0. The Balaban J connectivity index is 1.83. The average molecular weight is 325 g/mol. The fourth-order valence-corrected chi connectivity index (χ4v) is 2.41. The Labute approximate surface area is 131 Å². The Morgan fingerprint density at radius 1 is 1.35 bits per heavy atom. The molecule has 2 N–H and O–H groups in total. The smallest absolute Gasteiger partial charge is 0.254 e. The van der Waals surface area contributed by atoms with Gasteiger partial charge in [0, 0.05) is 26.6 Å². The van der Waals surface area contributed by atoms with Gasteiger partial charge >= 0.3 is 0 Å². The molecular weight excluding hydrogens is 308 g/mol. The van der Waals surface area contributed by atoms with E-state index < -0.39 is 23.6 Å². The van der Waals surface area contributed by atoms with E-state index in [1.807, 2.05) is 0 Å². The quantitative estimate of drug-likeness (QED) is 0.824. The summed E-state index contributed by atoms with van der Waals surface area (Å²) in [4.78, 5) is 36.2. The van der Waals surface area contributed by atoms with Crippen LogP contribution >= 0.6 is 0 Å². The van der Waals surface area contributed by atoms with Gasteiger partial charge in [-0.15, -0.1) is 0 Å². The predicted molar refractivity (Wildman–Crippen MR) is 77.5 cm³/mol. The highest BCUT2D eigenvalue weighted by Gasteiger charge is 2.31. The minimum Gasteiger partial charge on any atom is -0.350 e. The number of halogens is 2. The molecule has 0 bridgehead atoms. The van der Waals surface area contributed by atoms with E-state index in [-0.39, 0.29) is 30.5 Å². The molecule has 0 spiro atoms. The molecule has 0 aliphatic carbocycles. The van der Waals surface area contributed by atoms with Crippen molar-refractivity contribution >= 4 is 17.7 Å². The third-order valence-corrected chi connectivity index (χ3v) is 3.52. The Morgan fingerprint density at radius 3 is 2.78 bits per heavy atom. The molecule has 2 rings (SSSR count). The lowest BCUT2D eigenvalue weighted by Crippen LogP contribution is -2.42. The highest BCUT2D eigenvalue weighted by atomic mass is 19.1. The highest BCUT2D eigenvalue weighted by molar-refractivity contribution is 5.94. The molecule has 1 saturated heterocycles. The highest BCUT2D eigenvalue weighted by Crippen LogP contribution is 2.11. The number of benzene rings is 1. The summed E-state index contributed by atoms with van der Waals surface area (Å²) in [7, 11) is 0. The summed E-state index contributed by atoms with van der Waals surface area (Å²) in [5.41, 5.74) is -0.381. The van der Waals surface area contributed by atoms with Crippen LogP contribution in [0.25, 0.3) is 0 Å². The van der Waals surface area contributed by atoms with Crippen molar-refractivity contribution in [2.24, 2.45) is 0 Å². The van der Waals surface area contributed by atoms with Crippen LogP contribution in [-0.2, 0) is 9.59 Å². The molecule has 0 aromatic heterocycles. The lowest BCUT2D eigenvalue weighted by atomic mass is 10.2. The molecular formula is C15H17F2N3O3. The molecule has 1 atom stereocenters. The summed E-state index contributed by atoms with van der Waals surface area (Å²) < 4.78 is 26.5. The van der Waals surface area contributed by atoms with Gasteiger partial charge < -0.3 is 15.5 Å². The van der Waals surface area contributed by atoms with Gasteiger partial charge in [0.1, 0.15) is 17.7 Å². The van der Waals surface area contributed by atoms with E-state index >= 15 is 0 Å². The first kappa shape index (κ1) is 16.9. The summed E-state index contributed by atoms with van der Waals surface area (Å²) >= 11 is 0. The van der Waals surface area contributed by atoms with Crippen molar-refractivity contribution in [3.8, 4) is 0 Å². The fraction of sp³-hybridized carbons (Fsp3) is 0.400. The van der Waals surface area contributed by atoms with Crippen molar-refractivity contribution in [3.05, 3.63) is 35.4 Å². The average Bonchev–Trinajstić information content (AvgIpc) is 2.82. The van der Waals surface area contributed by atoms with Gasteiger partial charge in [0.25, 0.3) is 5.91 Å². The number of nitrogens with zero attached hydrogens (tertiary/aromatic N) is 1. The van der Waals surface area contributed by atoms with Crippen LogP contribution in [0.15, 0.2) is 18.2 Å². The van der Waals surface area contributed by atoms with E-state index in [1.54, 1.807) is 0 Å². The lowest BCUT2D eigenvalue weighted by molar-refractivity contribution is -0.132. The molecule has 1 fully saturated rings. The zero-order valence-corrected chi connectivity index (χ0v) is 12.6. The Morgan fingerprint density at radius 2 is 2.09 bits per heavy atom. The first-order valence-electron chi connectivity index (χ1n) is 7.17. The predicted octanol–water partition coefficient (Wildman–Crippen LogP) is 0.432. The maximum Gasteiger partial charge on any atom is 0.254 e. The van der Waals surface area contributed by atoms with Crippen molar-refractivity contribution in [1.29, 1.82) is 0 Å². The van der Waals surface area contributed by atoms with E-state index in [9.17, 15) is 23.2 Å². The normalized spacial score (nSPS) is 17.3. The van der Waals surface area contributed by atoms with Crippen LogP contribution < -0.4 is 10.6 Å². The number of amides is 3. The number of carbonyl (C=O) groups is 3. The summed E-state index contributed by atoms with van der Waals surface area (Å²) in [5.74, 6) is -2.75. The largest absolute Gasteiger partial charge is 0.350 e. The number of hydrogen-bond acceptors (Lipinski definition) is 3. The summed E-state index contributed by atoms with van der Waals surface area (Å²) in [6.07, 6.45) is 0.505. The van der Waals surface area contributed by atoms with E-state index in [4.69, 9.17) is 0 Å². The van der Waals surface area contributed by atoms with E-state index in [2.05, 4.69) is 10.6 Å². The topological polar surface area (TPSA) is 78.5 Å². The lowest BCUT2D eigenvalue weighted by Gasteiger charge is -2.17. The second kappa shape index (κ2) is 7.17. The van der Waals surface area contributed by atoms with Gasteiger partial charge in [-0.3, -0.25) is 14.4 Å².